The van der Waals surface area contributed by atoms with Crippen LogP contribution < -0.4 is 0 Å². The van der Waals surface area contributed by atoms with Crippen molar-refractivity contribution in [3.63, 3.8) is 0 Å². The van der Waals surface area contributed by atoms with Crippen LogP contribution in [0.15, 0.2) is 36.2 Å². The fraction of sp³-hybridized carbons (Fsp3) is 0.667. The lowest BCUT2D eigenvalue weighted by Crippen LogP contribution is -2.16. The van der Waals surface area contributed by atoms with Gasteiger partial charge in [0.2, 0.25) is 0 Å². The van der Waals surface area contributed by atoms with Gasteiger partial charge in [-0.05, 0) is 80.2 Å². The standard InChI is InChI=1S/C24H32F4/c1-2-3-17-4-6-18(7-5-17)19-8-10-20(11-9-19)21-12-14-22(15-13-21)23(25)16-24(26,27)28/h8-11,16-18,21-22H,2-7,12-15H2,1H3/b23-16-. The number of halogens is 4. The molecule has 0 heterocycles. The molecule has 1 aromatic carbocycles. The molecule has 0 bridgehead atoms. The zero-order valence-corrected chi connectivity index (χ0v) is 16.8. The summed E-state index contributed by atoms with van der Waals surface area (Å²) in [6.45, 7) is 2.26. The molecule has 156 valence electrons. The van der Waals surface area contributed by atoms with E-state index in [0.29, 0.717) is 24.7 Å². The maximum atomic E-state index is 13.8. The van der Waals surface area contributed by atoms with Crippen LogP contribution >= 0.6 is 0 Å². The SMILES string of the molecule is CCCC1CCC(c2ccc(C3CCC(/C(F)=C/C(F)(F)F)CC3)cc2)CC1. The van der Waals surface area contributed by atoms with Crippen LogP contribution in [0.5, 0.6) is 0 Å². The molecule has 0 atom stereocenters. The Morgan fingerprint density at radius 3 is 1.75 bits per heavy atom. The fourth-order valence-electron chi connectivity index (χ4n) is 5.21. The Labute approximate surface area is 166 Å². The molecule has 2 fully saturated rings. The zero-order valence-electron chi connectivity index (χ0n) is 16.8. The molecule has 0 spiro atoms. The summed E-state index contributed by atoms with van der Waals surface area (Å²) in [7, 11) is 0. The van der Waals surface area contributed by atoms with Crippen molar-refractivity contribution >= 4 is 0 Å². The topological polar surface area (TPSA) is 0 Å². The van der Waals surface area contributed by atoms with E-state index >= 15 is 0 Å². The van der Waals surface area contributed by atoms with Crippen molar-refractivity contribution in [2.45, 2.75) is 89.1 Å². The van der Waals surface area contributed by atoms with Crippen LogP contribution in [0.2, 0.25) is 0 Å². The first-order valence-corrected chi connectivity index (χ1v) is 10.9. The van der Waals surface area contributed by atoms with Gasteiger partial charge in [-0.2, -0.15) is 13.2 Å². The third-order valence-electron chi connectivity index (χ3n) is 6.84. The predicted molar refractivity (Wildman–Crippen MR) is 106 cm³/mol. The van der Waals surface area contributed by atoms with E-state index in [1.807, 2.05) is 0 Å². The normalized spacial score (nSPS) is 29.7. The smallest absolute Gasteiger partial charge is 0.212 e. The molecule has 4 heteroatoms. The van der Waals surface area contributed by atoms with Crippen molar-refractivity contribution in [2.75, 3.05) is 0 Å². The predicted octanol–water partition coefficient (Wildman–Crippen LogP) is 8.45. The highest BCUT2D eigenvalue weighted by atomic mass is 19.4. The highest BCUT2D eigenvalue weighted by Gasteiger charge is 2.31. The van der Waals surface area contributed by atoms with Gasteiger partial charge in [-0.25, -0.2) is 4.39 Å². The van der Waals surface area contributed by atoms with Crippen LogP contribution in [-0.2, 0) is 0 Å². The summed E-state index contributed by atoms with van der Waals surface area (Å²) in [5, 5.41) is 0. The van der Waals surface area contributed by atoms with Gasteiger partial charge < -0.3 is 0 Å². The highest BCUT2D eigenvalue weighted by Crippen LogP contribution is 2.41. The minimum atomic E-state index is -4.56. The Balaban J connectivity index is 1.52. The minimum absolute atomic E-state index is 0.165. The summed E-state index contributed by atoms with van der Waals surface area (Å²) in [5.41, 5.74) is 2.67. The van der Waals surface area contributed by atoms with Gasteiger partial charge in [0.15, 0.2) is 0 Å². The van der Waals surface area contributed by atoms with Gasteiger partial charge in [-0.3, -0.25) is 0 Å². The third kappa shape index (κ3) is 5.84. The summed E-state index contributed by atoms with van der Waals surface area (Å²) < 4.78 is 50.8. The molecule has 2 saturated carbocycles. The Morgan fingerprint density at radius 1 is 0.857 bits per heavy atom. The van der Waals surface area contributed by atoms with E-state index in [-0.39, 0.29) is 6.08 Å². The number of hydrogen-bond donors (Lipinski definition) is 0. The van der Waals surface area contributed by atoms with Crippen molar-refractivity contribution in [3.05, 3.63) is 47.3 Å². The van der Waals surface area contributed by atoms with Crippen LogP contribution in [0, 0.1) is 11.8 Å². The van der Waals surface area contributed by atoms with E-state index in [0.717, 1.165) is 18.8 Å². The Morgan fingerprint density at radius 2 is 1.32 bits per heavy atom. The molecule has 3 rings (SSSR count). The summed E-state index contributed by atoms with van der Waals surface area (Å²) >= 11 is 0. The zero-order chi connectivity index (χ0) is 20.1. The molecule has 2 aliphatic rings. The summed E-state index contributed by atoms with van der Waals surface area (Å²) in [6.07, 6.45) is 5.63. The molecule has 0 nitrogen and oxygen atoms in total. The monoisotopic (exact) mass is 396 g/mol. The molecule has 0 N–H and O–H groups in total. The maximum Gasteiger partial charge on any atom is 0.412 e. The minimum Gasteiger partial charge on any atom is -0.212 e. The first kappa shape index (κ1) is 21.4. The van der Waals surface area contributed by atoms with E-state index in [1.54, 1.807) is 0 Å². The molecule has 0 radical (unpaired) electrons. The molecular weight excluding hydrogens is 364 g/mol. The van der Waals surface area contributed by atoms with Crippen molar-refractivity contribution in [1.29, 1.82) is 0 Å². The second-order valence-electron chi connectivity index (χ2n) is 8.79. The van der Waals surface area contributed by atoms with Crippen molar-refractivity contribution in [3.8, 4) is 0 Å². The van der Waals surface area contributed by atoms with Gasteiger partial charge in [0.05, 0.1) is 6.08 Å². The van der Waals surface area contributed by atoms with Crippen LogP contribution in [-0.4, -0.2) is 6.18 Å². The second-order valence-corrected chi connectivity index (χ2v) is 8.79. The quantitative estimate of drug-likeness (QED) is 0.438. The van der Waals surface area contributed by atoms with Gasteiger partial charge in [-0.1, -0.05) is 44.0 Å². The molecule has 0 saturated heterocycles. The lowest BCUT2D eigenvalue weighted by atomic mass is 9.76. The average molecular weight is 397 g/mol. The molecule has 0 aliphatic heterocycles. The van der Waals surface area contributed by atoms with Gasteiger partial charge in [0.1, 0.15) is 5.83 Å². The van der Waals surface area contributed by atoms with E-state index in [2.05, 4.69) is 31.2 Å². The lowest BCUT2D eigenvalue weighted by molar-refractivity contribution is -0.0820. The molecule has 1 aromatic rings. The second kappa shape index (κ2) is 9.45. The number of rotatable bonds is 5. The van der Waals surface area contributed by atoms with Crippen molar-refractivity contribution < 1.29 is 17.6 Å². The number of alkyl halides is 3. The van der Waals surface area contributed by atoms with Crippen LogP contribution in [0.4, 0.5) is 17.6 Å². The van der Waals surface area contributed by atoms with Gasteiger partial charge in [-0.15, -0.1) is 0 Å². The van der Waals surface area contributed by atoms with Gasteiger partial charge in [0.25, 0.3) is 0 Å². The van der Waals surface area contributed by atoms with Gasteiger partial charge in [0, 0.05) is 5.92 Å². The molecule has 28 heavy (non-hydrogen) atoms. The molecule has 0 aromatic heterocycles. The summed E-state index contributed by atoms with van der Waals surface area (Å²) in [6, 6.07) is 8.88. The maximum absolute atomic E-state index is 13.8. The lowest BCUT2D eigenvalue weighted by Gasteiger charge is -2.30. The van der Waals surface area contributed by atoms with Crippen LogP contribution in [0.3, 0.4) is 0 Å². The fourth-order valence-corrected chi connectivity index (χ4v) is 5.21. The average Bonchev–Trinajstić information content (AvgIpc) is 2.68. The van der Waals surface area contributed by atoms with E-state index in [9.17, 15) is 17.6 Å². The van der Waals surface area contributed by atoms with Crippen LogP contribution in [0.25, 0.3) is 0 Å². The molecule has 2 aliphatic carbocycles. The third-order valence-corrected chi connectivity index (χ3v) is 6.84. The molecule has 0 amide bonds. The number of benzene rings is 1. The first-order chi connectivity index (χ1) is 13.4. The van der Waals surface area contributed by atoms with E-state index in [4.69, 9.17) is 0 Å². The molecular formula is C24H32F4. The Hall–Kier alpha value is -1.32. The van der Waals surface area contributed by atoms with E-state index < -0.39 is 17.9 Å². The Bertz CT molecular complexity index is 628. The number of allylic oxidation sites excluding steroid dienone is 2. The van der Waals surface area contributed by atoms with Gasteiger partial charge >= 0.3 is 6.18 Å². The van der Waals surface area contributed by atoms with Crippen molar-refractivity contribution in [1.82, 2.24) is 0 Å². The Kier molecular flexibility index (Phi) is 7.22. The number of hydrogen-bond acceptors (Lipinski definition) is 0. The van der Waals surface area contributed by atoms with E-state index in [1.165, 1.54) is 49.7 Å². The molecule has 0 unspecified atom stereocenters. The highest BCUT2D eigenvalue weighted by molar-refractivity contribution is 5.28. The first-order valence-electron chi connectivity index (χ1n) is 10.9. The van der Waals surface area contributed by atoms with Crippen LogP contribution in [0.1, 0.15) is 94.1 Å². The van der Waals surface area contributed by atoms with Crippen molar-refractivity contribution in [2.24, 2.45) is 11.8 Å². The summed E-state index contributed by atoms with van der Waals surface area (Å²) in [4.78, 5) is 0. The summed E-state index contributed by atoms with van der Waals surface area (Å²) in [5.74, 6) is 0.335. The largest absolute Gasteiger partial charge is 0.412 e.